The number of ether oxygens (including phenoxy) is 2. The molecule has 1 aromatic heterocycles. The molecule has 0 bridgehead atoms. The van der Waals surface area contributed by atoms with Crippen molar-refractivity contribution in [3.05, 3.63) is 23.9 Å². The maximum Gasteiger partial charge on any atom is 0.132 e. The number of nitrogens with one attached hydrogen (secondary N) is 1. The molecule has 0 amide bonds. The Kier molecular flexibility index (Phi) is 3.01. The average Bonchev–Trinajstić information content (AvgIpc) is 2.72. The standard InChI is InChI=1S/C12H16N2O2/c1-15-9-5-10-12(11(6-9)16-2)8(3-4-13)7-14-10/h5-7,14H,3-4,13H2,1-2H3. The summed E-state index contributed by atoms with van der Waals surface area (Å²) in [5, 5.41) is 1.09. The van der Waals surface area contributed by atoms with Gasteiger partial charge in [0.1, 0.15) is 11.5 Å². The normalized spacial score (nSPS) is 10.7. The quantitative estimate of drug-likeness (QED) is 0.824. The van der Waals surface area contributed by atoms with Gasteiger partial charge in [-0.2, -0.15) is 0 Å². The van der Waals surface area contributed by atoms with Gasteiger partial charge in [-0.05, 0) is 18.5 Å². The van der Waals surface area contributed by atoms with Gasteiger partial charge in [-0.25, -0.2) is 0 Å². The Morgan fingerprint density at radius 1 is 1.25 bits per heavy atom. The second-order valence-corrected chi connectivity index (χ2v) is 3.60. The molecule has 1 aromatic carbocycles. The lowest BCUT2D eigenvalue weighted by molar-refractivity contribution is 0.398. The monoisotopic (exact) mass is 220 g/mol. The zero-order valence-electron chi connectivity index (χ0n) is 9.54. The fourth-order valence-electron chi connectivity index (χ4n) is 1.90. The number of nitrogens with two attached hydrogens (primary N) is 1. The first-order chi connectivity index (χ1) is 7.80. The second kappa shape index (κ2) is 4.45. The van der Waals surface area contributed by atoms with Gasteiger partial charge in [0.05, 0.1) is 19.7 Å². The Morgan fingerprint density at radius 2 is 2.06 bits per heavy atom. The van der Waals surface area contributed by atoms with Gasteiger partial charge in [-0.15, -0.1) is 0 Å². The van der Waals surface area contributed by atoms with Crippen LogP contribution in [0.2, 0.25) is 0 Å². The Labute approximate surface area is 94.3 Å². The summed E-state index contributed by atoms with van der Waals surface area (Å²) < 4.78 is 10.6. The number of H-pyrrole nitrogens is 1. The molecule has 0 radical (unpaired) electrons. The molecule has 0 atom stereocenters. The third-order valence-electron chi connectivity index (χ3n) is 2.67. The maximum atomic E-state index is 5.58. The predicted molar refractivity (Wildman–Crippen MR) is 64.2 cm³/mol. The van der Waals surface area contributed by atoms with Crippen LogP contribution in [0.5, 0.6) is 11.5 Å². The van der Waals surface area contributed by atoms with Crippen molar-refractivity contribution in [3.63, 3.8) is 0 Å². The van der Waals surface area contributed by atoms with E-state index in [1.54, 1.807) is 14.2 Å². The van der Waals surface area contributed by atoms with E-state index in [9.17, 15) is 0 Å². The Bertz CT molecular complexity index is 491. The number of rotatable bonds is 4. The van der Waals surface area contributed by atoms with E-state index < -0.39 is 0 Å². The molecule has 0 spiro atoms. The lowest BCUT2D eigenvalue weighted by Crippen LogP contribution is -2.02. The molecule has 0 saturated heterocycles. The van der Waals surface area contributed by atoms with Crippen LogP contribution in [-0.4, -0.2) is 25.7 Å². The number of aromatic amines is 1. The van der Waals surface area contributed by atoms with Crippen molar-refractivity contribution in [1.29, 1.82) is 0 Å². The highest BCUT2D eigenvalue weighted by atomic mass is 16.5. The van der Waals surface area contributed by atoms with E-state index in [2.05, 4.69) is 4.98 Å². The smallest absolute Gasteiger partial charge is 0.132 e. The average molecular weight is 220 g/mol. The molecular weight excluding hydrogens is 204 g/mol. The minimum absolute atomic E-state index is 0.627. The van der Waals surface area contributed by atoms with Crippen molar-refractivity contribution in [3.8, 4) is 11.5 Å². The molecule has 0 fully saturated rings. The van der Waals surface area contributed by atoms with Gasteiger partial charge < -0.3 is 20.2 Å². The third-order valence-corrected chi connectivity index (χ3v) is 2.67. The van der Waals surface area contributed by atoms with E-state index in [1.165, 1.54) is 5.56 Å². The van der Waals surface area contributed by atoms with Gasteiger partial charge in [-0.1, -0.05) is 0 Å². The molecular formula is C12H16N2O2. The number of benzene rings is 1. The van der Waals surface area contributed by atoms with E-state index in [0.29, 0.717) is 6.54 Å². The van der Waals surface area contributed by atoms with Gasteiger partial charge in [-0.3, -0.25) is 0 Å². The Balaban J connectivity index is 2.62. The summed E-state index contributed by atoms with van der Waals surface area (Å²) >= 11 is 0. The fourth-order valence-corrected chi connectivity index (χ4v) is 1.90. The van der Waals surface area contributed by atoms with Crippen LogP contribution >= 0.6 is 0 Å². The molecule has 1 heterocycles. The van der Waals surface area contributed by atoms with Crippen LogP contribution in [0.1, 0.15) is 5.56 Å². The van der Waals surface area contributed by atoms with Crippen molar-refractivity contribution >= 4 is 10.9 Å². The van der Waals surface area contributed by atoms with Crippen LogP contribution in [0.3, 0.4) is 0 Å². The first kappa shape index (κ1) is 10.8. The van der Waals surface area contributed by atoms with Crippen molar-refractivity contribution in [2.75, 3.05) is 20.8 Å². The van der Waals surface area contributed by atoms with Crippen LogP contribution in [0.4, 0.5) is 0 Å². The minimum Gasteiger partial charge on any atom is -0.497 e. The molecule has 0 unspecified atom stereocenters. The highest BCUT2D eigenvalue weighted by molar-refractivity contribution is 5.90. The first-order valence-electron chi connectivity index (χ1n) is 5.22. The number of aromatic nitrogens is 1. The largest absolute Gasteiger partial charge is 0.497 e. The molecule has 16 heavy (non-hydrogen) atoms. The van der Waals surface area contributed by atoms with Gasteiger partial charge in [0.2, 0.25) is 0 Å². The molecule has 86 valence electrons. The molecule has 0 aliphatic carbocycles. The second-order valence-electron chi connectivity index (χ2n) is 3.60. The Morgan fingerprint density at radius 3 is 2.69 bits per heavy atom. The maximum absolute atomic E-state index is 5.58. The molecule has 2 rings (SSSR count). The van der Waals surface area contributed by atoms with E-state index in [1.807, 2.05) is 18.3 Å². The number of hydrogen-bond acceptors (Lipinski definition) is 3. The topological polar surface area (TPSA) is 60.3 Å². The minimum atomic E-state index is 0.627. The summed E-state index contributed by atoms with van der Waals surface area (Å²) in [7, 11) is 3.30. The number of methoxy groups -OCH3 is 2. The van der Waals surface area contributed by atoms with Crippen LogP contribution < -0.4 is 15.2 Å². The van der Waals surface area contributed by atoms with E-state index >= 15 is 0 Å². The lowest BCUT2D eigenvalue weighted by atomic mass is 10.1. The highest BCUT2D eigenvalue weighted by Crippen LogP contribution is 2.33. The zero-order chi connectivity index (χ0) is 11.5. The van der Waals surface area contributed by atoms with Crippen molar-refractivity contribution in [2.45, 2.75) is 6.42 Å². The fraction of sp³-hybridized carbons (Fsp3) is 0.333. The lowest BCUT2D eigenvalue weighted by Gasteiger charge is -2.07. The summed E-state index contributed by atoms with van der Waals surface area (Å²) in [6.07, 6.45) is 2.81. The number of fused-ring (bicyclic) bond motifs is 1. The molecule has 4 nitrogen and oxygen atoms in total. The van der Waals surface area contributed by atoms with Gasteiger partial charge in [0.25, 0.3) is 0 Å². The van der Waals surface area contributed by atoms with Crippen LogP contribution in [-0.2, 0) is 6.42 Å². The van der Waals surface area contributed by atoms with Crippen molar-refractivity contribution in [2.24, 2.45) is 5.73 Å². The van der Waals surface area contributed by atoms with Crippen molar-refractivity contribution < 1.29 is 9.47 Å². The summed E-state index contributed by atoms with van der Waals surface area (Å²) in [6.45, 7) is 0.627. The van der Waals surface area contributed by atoms with Gasteiger partial charge in [0, 0.05) is 23.7 Å². The van der Waals surface area contributed by atoms with E-state index in [0.717, 1.165) is 28.8 Å². The first-order valence-corrected chi connectivity index (χ1v) is 5.22. The summed E-state index contributed by atoms with van der Waals surface area (Å²) in [4.78, 5) is 3.21. The molecule has 0 saturated carbocycles. The SMILES string of the molecule is COc1cc(OC)c2c(CCN)c[nH]c2c1. The zero-order valence-corrected chi connectivity index (χ0v) is 9.54. The molecule has 3 N–H and O–H groups in total. The number of hydrogen-bond donors (Lipinski definition) is 2. The van der Waals surface area contributed by atoms with Crippen LogP contribution in [0.25, 0.3) is 10.9 Å². The third kappa shape index (κ3) is 1.72. The highest BCUT2D eigenvalue weighted by Gasteiger charge is 2.10. The molecule has 0 aliphatic heterocycles. The van der Waals surface area contributed by atoms with Crippen LogP contribution in [0.15, 0.2) is 18.3 Å². The molecule has 2 aromatic rings. The molecule has 4 heteroatoms. The predicted octanol–water partition coefficient (Wildman–Crippen LogP) is 1.69. The van der Waals surface area contributed by atoms with Gasteiger partial charge >= 0.3 is 0 Å². The van der Waals surface area contributed by atoms with Crippen molar-refractivity contribution in [1.82, 2.24) is 4.98 Å². The summed E-state index contributed by atoms with van der Waals surface area (Å²) in [5.41, 5.74) is 7.77. The summed E-state index contributed by atoms with van der Waals surface area (Å²) in [5.74, 6) is 1.60. The van der Waals surface area contributed by atoms with E-state index in [-0.39, 0.29) is 0 Å². The Hall–Kier alpha value is -1.68. The van der Waals surface area contributed by atoms with Crippen LogP contribution in [0, 0.1) is 0 Å². The van der Waals surface area contributed by atoms with Gasteiger partial charge in [0.15, 0.2) is 0 Å². The van der Waals surface area contributed by atoms with E-state index in [4.69, 9.17) is 15.2 Å². The molecule has 0 aliphatic rings. The summed E-state index contributed by atoms with van der Waals surface area (Å²) in [6, 6.07) is 3.84.